The molecule has 1 N–H and O–H groups in total. The van der Waals surface area contributed by atoms with Crippen molar-refractivity contribution < 1.29 is 27.5 Å². The highest BCUT2D eigenvalue weighted by atomic mass is 19.4. The Bertz CT molecular complexity index is 901. The Kier molecular flexibility index (Phi) is 4.08. The van der Waals surface area contributed by atoms with Crippen LogP contribution in [0.5, 0.6) is 0 Å². The lowest BCUT2D eigenvalue weighted by Gasteiger charge is -2.10. The van der Waals surface area contributed by atoms with E-state index >= 15 is 0 Å². The standard InChI is InChI=1S/C18H12F3NO3/c1-25-17(24)11-6-7-12-13(16(23)22-15(12)9-11)8-10-4-2-3-5-14(10)18(19,20)21/h2-9H,1H3,(H,22,23). The first-order chi connectivity index (χ1) is 11.8. The highest BCUT2D eigenvalue weighted by molar-refractivity contribution is 6.35. The lowest BCUT2D eigenvalue weighted by Crippen LogP contribution is -2.08. The van der Waals surface area contributed by atoms with Crippen molar-refractivity contribution in [1.82, 2.24) is 0 Å². The van der Waals surface area contributed by atoms with E-state index in [1.165, 1.54) is 49.6 Å². The molecule has 0 unspecified atom stereocenters. The predicted molar refractivity (Wildman–Crippen MR) is 85.7 cm³/mol. The summed E-state index contributed by atoms with van der Waals surface area (Å²) >= 11 is 0. The van der Waals surface area contributed by atoms with Crippen molar-refractivity contribution in [3.8, 4) is 0 Å². The number of esters is 1. The number of amides is 1. The van der Waals surface area contributed by atoms with Crippen LogP contribution in [0.3, 0.4) is 0 Å². The van der Waals surface area contributed by atoms with Gasteiger partial charge in [0.15, 0.2) is 0 Å². The van der Waals surface area contributed by atoms with Gasteiger partial charge in [0.1, 0.15) is 0 Å². The fourth-order valence-electron chi connectivity index (χ4n) is 2.62. The molecule has 0 spiro atoms. The normalized spacial score (nSPS) is 15.0. The molecule has 0 bridgehead atoms. The molecular formula is C18H12F3NO3. The van der Waals surface area contributed by atoms with E-state index in [9.17, 15) is 22.8 Å². The molecule has 0 atom stereocenters. The summed E-state index contributed by atoms with van der Waals surface area (Å²) in [6.07, 6.45) is -3.33. The molecule has 7 heteroatoms. The van der Waals surface area contributed by atoms with Gasteiger partial charge < -0.3 is 10.1 Å². The second kappa shape index (κ2) is 6.08. The molecule has 2 aromatic carbocycles. The van der Waals surface area contributed by atoms with Crippen LogP contribution in [0.4, 0.5) is 18.9 Å². The van der Waals surface area contributed by atoms with Crippen molar-refractivity contribution in [3.05, 3.63) is 64.7 Å². The van der Waals surface area contributed by atoms with Crippen molar-refractivity contribution in [3.63, 3.8) is 0 Å². The molecule has 0 aromatic heterocycles. The van der Waals surface area contributed by atoms with E-state index in [1.807, 2.05) is 0 Å². The zero-order chi connectivity index (χ0) is 18.2. The number of rotatable bonds is 2. The molecule has 1 heterocycles. The summed E-state index contributed by atoms with van der Waals surface area (Å²) < 4.78 is 44.0. The Balaban J connectivity index is 2.08. The van der Waals surface area contributed by atoms with Crippen molar-refractivity contribution in [2.75, 3.05) is 12.4 Å². The van der Waals surface area contributed by atoms with E-state index in [4.69, 9.17) is 0 Å². The molecule has 0 saturated heterocycles. The minimum Gasteiger partial charge on any atom is -0.465 e. The first kappa shape index (κ1) is 16.8. The Morgan fingerprint density at radius 2 is 1.88 bits per heavy atom. The number of halogens is 3. The minimum absolute atomic E-state index is 0.100. The Morgan fingerprint density at radius 3 is 2.56 bits per heavy atom. The lowest BCUT2D eigenvalue weighted by molar-refractivity contribution is -0.137. The van der Waals surface area contributed by atoms with Crippen molar-refractivity contribution in [1.29, 1.82) is 0 Å². The van der Waals surface area contributed by atoms with Gasteiger partial charge >= 0.3 is 12.1 Å². The largest absolute Gasteiger partial charge is 0.465 e. The Labute approximate surface area is 140 Å². The van der Waals surface area contributed by atoms with Gasteiger partial charge in [-0.25, -0.2) is 4.79 Å². The number of fused-ring (bicyclic) bond motifs is 1. The molecule has 2 aromatic rings. The smallest absolute Gasteiger partial charge is 0.416 e. The van der Waals surface area contributed by atoms with Gasteiger partial charge in [-0.3, -0.25) is 4.79 Å². The molecule has 1 aliphatic heterocycles. The summed E-state index contributed by atoms with van der Waals surface area (Å²) in [5.74, 6) is -1.11. The Hall–Kier alpha value is -3.09. The van der Waals surface area contributed by atoms with Crippen LogP contribution >= 0.6 is 0 Å². The average molecular weight is 347 g/mol. The summed E-state index contributed by atoms with van der Waals surface area (Å²) in [6, 6.07) is 9.39. The molecule has 1 aliphatic rings. The maximum absolute atomic E-state index is 13.1. The van der Waals surface area contributed by atoms with Crippen LogP contribution < -0.4 is 5.32 Å². The van der Waals surface area contributed by atoms with Gasteiger partial charge in [-0.15, -0.1) is 0 Å². The van der Waals surface area contributed by atoms with Crippen LogP contribution in [0.1, 0.15) is 27.0 Å². The molecule has 3 rings (SSSR count). The van der Waals surface area contributed by atoms with Gasteiger partial charge in [0, 0.05) is 16.8 Å². The number of anilines is 1. The summed E-state index contributed by atoms with van der Waals surface area (Å²) in [5, 5.41) is 2.55. The van der Waals surface area contributed by atoms with Crippen LogP contribution in [-0.4, -0.2) is 19.0 Å². The quantitative estimate of drug-likeness (QED) is 0.660. The number of methoxy groups -OCH3 is 1. The topological polar surface area (TPSA) is 55.4 Å². The maximum Gasteiger partial charge on any atom is 0.416 e. The number of hydrogen-bond acceptors (Lipinski definition) is 3. The number of carbonyl (C=O) groups excluding carboxylic acids is 2. The molecule has 1 amide bonds. The van der Waals surface area contributed by atoms with E-state index in [-0.39, 0.29) is 16.7 Å². The SMILES string of the molecule is COC(=O)c1ccc2c(c1)NC(=O)C2=Cc1ccccc1C(F)(F)F. The van der Waals surface area contributed by atoms with Crippen molar-refractivity contribution in [2.24, 2.45) is 0 Å². The molecular weight excluding hydrogens is 335 g/mol. The lowest BCUT2D eigenvalue weighted by atomic mass is 9.99. The summed E-state index contributed by atoms with van der Waals surface area (Å²) in [7, 11) is 1.23. The van der Waals surface area contributed by atoms with Crippen LogP contribution in [0.15, 0.2) is 42.5 Å². The summed E-state index contributed by atoms with van der Waals surface area (Å²) in [4.78, 5) is 23.7. The average Bonchev–Trinajstić information content (AvgIpc) is 2.88. The molecule has 0 fully saturated rings. The van der Waals surface area contributed by atoms with Crippen LogP contribution in [0, 0.1) is 0 Å². The van der Waals surface area contributed by atoms with E-state index in [0.29, 0.717) is 11.3 Å². The monoisotopic (exact) mass is 347 g/mol. The second-order valence-corrected chi connectivity index (χ2v) is 5.35. The van der Waals surface area contributed by atoms with Gasteiger partial charge in [-0.2, -0.15) is 13.2 Å². The Morgan fingerprint density at radius 1 is 1.16 bits per heavy atom. The highest BCUT2D eigenvalue weighted by Gasteiger charge is 2.33. The second-order valence-electron chi connectivity index (χ2n) is 5.35. The van der Waals surface area contributed by atoms with E-state index in [1.54, 1.807) is 0 Å². The highest BCUT2D eigenvalue weighted by Crippen LogP contribution is 2.37. The first-order valence-corrected chi connectivity index (χ1v) is 7.23. The zero-order valence-electron chi connectivity index (χ0n) is 13.0. The number of hydrogen-bond donors (Lipinski definition) is 1. The van der Waals surface area contributed by atoms with E-state index in [2.05, 4.69) is 10.1 Å². The maximum atomic E-state index is 13.1. The molecule has 128 valence electrons. The van der Waals surface area contributed by atoms with Gasteiger partial charge in [0.05, 0.1) is 18.2 Å². The zero-order valence-corrected chi connectivity index (χ0v) is 13.0. The number of alkyl halides is 3. The fraction of sp³-hybridized carbons (Fsp3) is 0.111. The van der Waals surface area contributed by atoms with E-state index < -0.39 is 23.6 Å². The molecule has 0 radical (unpaired) electrons. The number of carbonyl (C=O) groups is 2. The van der Waals surface area contributed by atoms with Crippen LogP contribution in [0.2, 0.25) is 0 Å². The molecule has 25 heavy (non-hydrogen) atoms. The van der Waals surface area contributed by atoms with Gasteiger partial charge in [-0.1, -0.05) is 24.3 Å². The summed E-state index contributed by atoms with van der Waals surface area (Å²) in [5.41, 5.74) is 0.180. The third kappa shape index (κ3) is 3.13. The number of ether oxygens (including phenoxy) is 1. The number of benzene rings is 2. The fourth-order valence-corrected chi connectivity index (χ4v) is 2.62. The molecule has 4 nitrogen and oxygen atoms in total. The molecule has 0 aliphatic carbocycles. The van der Waals surface area contributed by atoms with E-state index in [0.717, 1.165) is 6.07 Å². The summed E-state index contributed by atoms with van der Waals surface area (Å²) in [6.45, 7) is 0. The third-order valence-electron chi connectivity index (χ3n) is 3.79. The molecule has 0 saturated carbocycles. The number of nitrogens with one attached hydrogen (secondary N) is 1. The van der Waals surface area contributed by atoms with Crippen molar-refractivity contribution in [2.45, 2.75) is 6.18 Å². The van der Waals surface area contributed by atoms with Crippen molar-refractivity contribution >= 4 is 29.2 Å². The van der Waals surface area contributed by atoms with Gasteiger partial charge in [-0.05, 0) is 29.8 Å². The predicted octanol–water partition coefficient (Wildman–Crippen LogP) is 3.98. The minimum atomic E-state index is -4.53. The van der Waals surface area contributed by atoms with Gasteiger partial charge in [0.2, 0.25) is 0 Å². The van der Waals surface area contributed by atoms with Gasteiger partial charge in [0.25, 0.3) is 5.91 Å². The first-order valence-electron chi connectivity index (χ1n) is 7.23. The third-order valence-corrected chi connectivity index (χ3v) is 3.79. The van der Waals surface area contributed by atoms with Crippen LogP contribution in [-0.2, 0) is 15.7 Å². The van der Waals surface area contributed by atoms with Crippen LogP contribution in [0.25, 0.3) is 11.6 Å².